The Balaban J connectivity index is 2.15. The quantitative estimate of drug-likeness (QED) is 0.700. The molecule has 0 bridgehead atoms. The molecule has 1 aliphatic rings. The zero-order valence-electron chi connectivity index (χ0n) is 10.0. The minimum Gasteiger partial charge on any atom is -0.480 e. The lowest BCUT2D eigenvalue weighted by molar-refractivity contribution is -0.148. The van der Waals surface area contributed by atoms with Crippen LogP contribution in [-0.2, 0) is 16.1 Å². The van der Waals surface area contributed by atoms with Crippen molar-refractivity contribution in [3.8, 4) is 0 Å². The van der Waals surface area contributed by atoms with Crippen molar-refractivity contribution in [2.24, 2.45) is 0 Å². The molecule has 0 aliphatic carbocycles. The first-order valence-corrected chi connectivity index (χ1v) is 5.81. The number of carbonyl (C=O) groups is 2. The molecule has 1 aromatic rings. The monoisotopic (exact) mass is 267 g/mol. The molecule has 8 nitrogen and oxygen atoms in total. The SMILES string of the molecule is O=C(O)C1CCCN1C(=O)Cn1ccc(=O)[nH]c1=O. The maximum absolute atomic E-state index is 12.0. The number of rotatable bonds is 3. The van der Waals surface area contributed by atoms with E-state index < -0.39 is 29.2 Å². The highest BCUT2D eigenvalue weighted by Gasteiger charge is 2.33. The molecule has 1 aliphatic heterocycles. The van der Waals surface area contributed by atoms with Crippen LogP contribution in [0.2, 0.25) is 0 Å². The average Bonchev–Trinajstić information content (AvgIpc) is 2.82. The number of carboxylic acid groups (broad SMARTS) is 1. The molecule has 2 N–H and O–H groups in total. The molecule has 2 heterocycles. The molecule has 102 valence electrons. The molecule has 8 heteroatoms. The first-order valence-electron chi connectivity index (χ1n) is 5.81. The predicted octanol–water partition coefficient (Wildman–Crippen LogP) is -1.39. The van der Waals surface area contributed by atoms with Crippen molar-refractivity contribution < 1.29 is 14.7 Å². The molecule has 0 radical (unpaired) electrons. The summed E-state index contributed by atoms with van der Waals surface area (Å²) in [5.74, 6) is -1.49. The average molecular weight is 267 g/mol. The topological polar surface area (TPSA) is 112 Å². The van der Waals surface area contributed by atoms with Crippen LogP contribution in [0.4, 0.5) is 0 Å². The summed E-state index contributed by atoms with van der Waals surface area (Å²) in [7, 11) is 0. The summed E-state index contributed by atoms with van der Waals surface area (Å²) >= 11 is 0. The van der Waals surface area contributed by atoms with Crippen LogP contribution in [0.15, 0.2) is 21.9 Å². The van der Waals surface area contributed by atoms with Gasteiger partial charge in [-0.1, -0.05) is 0 Å². The van der Waals surface area contributed by atoms with Gasteiger partial charge >= 0.3 is 11.7 Å². The van der Waals surface area contributed by atoms with Crippen LogP contribution in [-0.4, -0.2) is 44.0 Å². The number of nitrogens with zero attached hydrogens (tertiary/aromatic N) is 2. The van der Waals surface area contributed by atoms with E-state index in [1.807, 2.05) is 4.98 Å². The van der Waals surface area contributed by atoms with E-state index in [0.717, 1.165) is 10.6 Å². The fraction of sp³-hybridized carbons (Fsp3) is 0.455. The highest BCUT2D eigenvalue weighted by Crippen LogP contribution is 2.17. The van der Waals surface area contributed by atoms with Gasteiger partial charge in [-0.2, -0.15) is 0 Å². The van der Waals surface area contributed by atoms with Gasteiger partial charge in [-0.15, -0.1) is 0 Å². The molecule has 1 atom stereocenters. The van der Waals surface area contributed by atoms with Crippen LogP contribution in [0.3, 0.4) is 0 Å². The molecule has 1 amide bonds. The first kappa shape index (κ1) is 13.1. The Morgan fingerprint density at radius 1 is 1.42 bits per heavy atom. The summed E-state index contributed by atoms with van der Waals surface area (Å²) in [6.07, 6.45) is 2.26. The van der Waals surface area contributed by atoms with Gasteiger partial charge in [0.05, 0.1) is 0 Å². The van der Waals surface area contributed by atoms with Crippen molar-refractivity contribution in [2.45, 2.75) is 25.4 Å². The third-order valence-electron chi connectivity index (χ3n) is 3.06. The van der Waals surface area contributed by atoms with Gasteiger partial charge in [0.1, 0.15) is 12.6 Å². The van der Waals surface area contributed by atoms with Crippen molar-refractivity contribution >= 4 is 11.9 Å². The van der Waals surface area contributed by atoms with Crippen LogP contribution < -0.4 is 11.2 Å². The maximum Gasteiger partial charge on any atom is 0.328 e. The van der Waals surface area contributed by atoms with Gasteiger partial charge in [-0.05, 0) is 12.8 Å². The Kier molecular flexibility index (Phi) is 3.50. The van der Waals surface area contributed by atoms with Gasteiger partial charge in [-0.25, -0.2) is 9.59 Å². The number of carbonyl (C=O) groups excluding carboxylic acids is 1. The molecule has 19 heavy (non-hydrogen) atoms. The Hall–Kier alpha value is -2.38. The number of aromatic nitrogens is 2. The second-order valence-corrected chi connectivity index (χ2v) is 4.32. The van der Waals surface area contributed by atoms with Gasteiger partial charge in [0.15, 0.2) is 0 Å². The van der Waals surface area contributed by atoms with Gasteiger partial charge in [0.2, 0.25) is 5.91 Å². The van der Waals surface area contributed by atoms with Crippen LogP contribution in [0.5, 0.6) is 0 Å². The van der Waals surface area contributed by atoms with E-state index in [0.29, 0.717) is 19.4 Å². The molecule has 0 aromatic carbocycles. The van der Waals surface area contributed by atoms with Crippen molar-refractivity contribution in [1.82, 2.24) is 14.5 Å². The maximum atomic E-state index is 12.0. The lowest BCUT2D eigenvalue weighted by Gasteiger charge is -2.21. The van der Waals surface area contributed by atoms with E-state index >= 15 is 0 Å². The fourth-order valence-electron chi connectivity index (χ4n) is 2.13. The largest absolute Gasteiger partial charge is 0.480 e. The molecule has 2 rings (SSSR count). The highest BCUT2D eigenvalue weighted by molar-refractivity contribution is 5.84. The molecule has 0 spiro atoms. The second-order valence-electron chi connectivity index (χ2n) is 4.32. The number of aromatic amines is 1. The lowest BCUT2D eigenvalue weighted by atomic mass is 10.2. The number of H-pyrrole nitrogens is 1. The summed E-state index contributed by atoms with van der Waals surface area (Å²) in [6.45, 7) is 0.0906. The van der Waals surface area contributed by atoms with E-state index in [4.69, 9.17) is 5.11 Å². The number of carboxylic acids is 1. The number of amides is 1. The van der Waals surface area contributed by atoms with E-state index in [2.05, 4.69) is 0 Å². The lowest BCUT2D eigenvalue weighted by Crippen LogP contribution is -2.43. The number of nitrogens with one attached hydrogen (secondary N) is 1. The van der Waals surface area contributed by atoms with E-state index in [9.17, 15) is 19.2 Å². The molecular weight excluding hydrogens is 254 g/mol. The second kappa shape index (κ2) is 5.09. The number of hydrogen-bond acceptors (Lipinski definition) is 4. The van der Waals surface area contributed by atoms with Crippen molar-refractivity contribution in [2.75, 3.05) is 6.54 Å². The molecular formula is C11H13N3O5. The summed E-state index contributed by atoms with van der Waals surface area (Å²) in [5.41, 5.74) is -1.23. The normalized spacial score (nSPS) is 18.5. The zero-order valence-corrected chi connectivity index (χ0v) is 10.0. The molecule has 1 aromatic heterocycles. The Labute approximate surface area is 107 Å². The van der Waals surface area contributed by atoms with Crippen LogP contribution in [0.1, 0.15) is 12.8 Å². The Morgan fingerprint density at radius 2 is 2.16 bits per heavy atom. The van der Waals surface area contributed by atoms with Crippen molar-refractivity contribution in [1.29, 1.82) is 0 Å². The van der Waals surface area contributed by atoms with Gasteiger partial charge < -0.3 is 10.0 Å². The van der Waals surface area contributed by atoms with Crippen LogP contribution in [0, 0.1) is 0 Å². The van der Waals surface area contributed by atoms with E-state index in [-0.39, 0.29) is 6.54 Å². The van der Waals surface area contributed by atoms with Gasteiger partial charge in [0, 0.05) is 18.8 Å². The third kappa shape index (κ3) is 2.72. The minimum absolute atomic E-state index is 0.278. The van der Waals surface area contributed by atoms with Crippen molar-refractivity contribution in [3.05, 3.63) is 33.1 Å². The molecule has 1 unspecified atom stereocenters. The van der Waals surface area contributed by atoms with E-state index in [1.165, 1.54) is 11.1 Å². The Morgan fingerprint density at radius 3 is 2.79 bits per heavy atom. The summed E-state index contributed by atoms with van der Waals surface area (Å²) < 4.78 is 1.04. The smallest absolute Gasteiger partial charge is 0.328 e. The predicted molar refractivity (Wildman–Crippen MR) is 63.7 cm³/mol. The summed E-state index contributed by atoms with van der Waals surface area (Å²) in [4.78, 5) is 48.5. The molecule has 1 fully saturated rings. The van der Waals surface area contributed by atoms with Crippen molar-refractivity contribution in [3.63, 3.8) is 0 Å². The fourth-order valence-corrected chi connectivity index (χ4v) is 2.13. The number of aliphatic carboxylic acids is 1. The Bertz CT molecular complexity index is 617. The first-order chi connectivity index (χ1) is 8.99. The van der Waals surface area contributed by atoms with Crippen LogP contribution in [0.25, 0.3) is 0 Å². The van der Waals surface area contributed by atoms with Crippen LogP contribution >= 0.6 is 0 Å². The highest BCUT2D eigenvalue weighted by atomic mass is 16.4. The van der Waals surface area contributed by atoms with Gasteiger partial charge in [0.25, 0.3) is 5.56 Å². The summed E-state index contributed by atoms with van der Waals surface area (Å²) in [5, 5.41) is 8.98. The molecule has 1 saturated heterocycles. The van der Waals surface area contributed by atoms with Gasteiger partial charge in [-0.3, -0.25) is 19.1 Å². The van der Waals surface area contributed by atoms with E-state index in [1.54, 1.807) is 0 Å². The third-order valence-corrected chi connectivity index (χ3v) is 3.06. The zero-order chi connectivity index (χ0) is 14.0. The standard InChI is InChI=1S/C11H13N3O5/c15-8-3-5-13(11(19)12-8)6-9(16)14-4-1-2-7(14)10(17)18/h3,5,7H,1-2,4,6H2,(H,17,18)(H,12,15,19). The minimum atomic E-state index is -1.04. The molecule has 0 saturated carbocycles. The summed E-state index contributed by atoms with van der Waals surface area (Å²) in [6, 6.07) is 0.304. The number of likely N-dealkylation sites (tertiary alicyclic amines) is 1. The number of hydrogen-bond donors (Lipinski definition) is 2.